The van der Waals surface area contributed by atoms with Crippen molar-refractivity contribution in [3.05, 3.63) is 23.3 Å². The molecule has 0 saturated heterocycles. The number of amides is 1. The predicted octanol–water partition coefficient (Wildman–Crippen LogP) is 7.91. The number of rotatable bonds is 11. The van der Waals surface area contributed by atoms with Crippen LogP contribution in [0, 0.1) is 49.7 Å². The van der Waals surface area contributed by atoms with Gasteiger partial charge >= 0.3 is 0 Å². The summed E-state index contributed by atoms with van der Waals surface area (Å²) in [5.74, 6) is -0.571. The van der Waals surface area contributed by atoms with E-state index >= 15 is 0 Å². The zero-order valence-electron chi connectivity index (χ0n) is 27.0. The van der Waals surface area contributed by atoms with Gasteiger partial charge in [-0.3, -0.25) is 19.6 Å². The van der Waals surface area contributed by atoms with E-state index in [4.69, 9.17) is 0 Å². The lowest BCUT2D eigenvalue weighted by atomic mass is 9.42. The SMILES string of the molecule is CCCC(C)(C)CC[C@@](C)(CCC(C)(C)[C@]1(C)CC[C@H]2C(C)(C)C(=O)C(C#N)=C[C@]2(C)/C1=C/C(C)=O)C(=O)NO. The molecule has 0 aliphatic heterocycles. The Morgan fingerprint density at radius 3 is 2.15 bits per heavy atom. The number of carbonyl (C=O) groups excluding carboxylic acids is 3. The van der Waals surface area contributed by atoms with Crippen LogP contribution in [0.3, 0.4) is 0 Å². The lowest BCUT2D eigenvalue weighted by Crippen LogP contribution is -2.55. The molecule has 0 bridgehead atoms. The summed E-state index contributed by atoms with van der Waals surface area (Å²) in [5.41, 5.74) is 0.334. The summed E-state index contributed by atoms with van der Waals surface area (Å²) in [6.45, 7) is 22.7. The summed E-state index contributed by atoms with van der Waals surface area (Å²) in [4.78, 5) is 38.9. The fraction of sp³-hybridized carbons (Fsp3) is 0.765. The van der Waals surface area contributed by atoms with Crippen molar-refractivity contribution < 1.29 is 19.6 Å². The summed E-state index contributed by atoms with van der Waals surface area (Å²) in [7, 11) is 0. The largest absolute Gasteiger partial charge is 0.295 e. The fourth-order valence-electron chi connectivity index (χ4n) is 7.88. The number of ketones is 2. The van der Waals surface area contributed by atoms with Gasteiger partial charge in [-0.25, -0.2) is 5.48 Å². The quantitative estimate of drug-likeness (QED) is 0.153. The Balaban J connectivity index is 2.55. The molecule has 1 amide bonds. The molecule has 0 radical (unpaired) electrons. The lowest BCUT2D eigenvalue weighted by Gasteiger charge is -2.61. The third kappa shape index (κ3) is 6.15. The standard InChI is InChI=1S/C34H54N2O4/c1-12-14-29(3,4)16-18-32(9,28(39)36-40)19-17-30(5,6)34(11)15-13-25-31(7,8)27(38)24(22-35)21-33(25,10)26(34)20-23(2)37/h20-21,25,40H,12-19H2,1-11H3,(H,36,39)/b26-20-/t25-,32-,33-,34+/m0/s1. The number of nitrogens with one attached hydrogen (secondary N) is 1. The first kappa shape index (κ1) is 33.9. The van der Waals surface area contributed by atoms with Crippen LogP contribution in [0.1, 0.15) is 128 Å². The van der Waals surface area contributed by atoms with Crippen LogP contribution in [0.4, 0.5) is 0 Å². The normalized spacial score (nSPS) is 29.2. The molecule has 2 rings (SSSR count). The minimum Gasteiger partial charge on any atom is -0.295 e. The third-order valence-electron chi connectivity index (χ3n) is 11.2. The van der Waals surface area contributed by atoms with Crippen LogP contribution in [0.25, 0.3) is 0 Å². The van der Waals surface area contributed by atoms with E-state index in [1.54, 1.807) is 13.0 Å². The van der Waals surface area contributed by atoms with Gasteiger partial charge in [-0.1, -0.05) is 87.3 Å². The Labute approximate surface area is 243 Å². The summed E-state index contributed by atoms with van der Waals surface area (Å²) in [5, 5.41) is 19.5. The Kier molecular flexibility index (Phi) is 9.80. The van der Waals surface area contributed by atoms with Gasteiger partial charge in [-0.2, -0.15) is 5.26 Å². The first-order valence-corrected chi connectivity index (χ1v) is 15.0. The van der Waals surface area contributed by atoms with Crippen LogP contribution in [0.15, 0.2) is 23.3 Å². The van der Waals surface area contributed by atoms with Crippen LogP contribution in [0.2, 0.25) is 0 Å². The topological polar surface area (TPSA) is 107 Å². The highest BCUT2D eigenvalue weighted by atomic mass is 16.5. The molecule has 1 saturated carbocycles. The second-order valence-corrected chi connectivity index (χ2v) is 15.4. The van der Waals surface area contributed by atoms with Gasteiger partial charge in [-0.05, 0) is 80.1 Å². The Morgan fingerprint density at radius 2 is 1.65 bits per heavy atom. The van der Waals surface area contributed by atoms with E-state index in [0.29, 0.717) is 19.3 Å². The zero-order valence-corrected chi connectivity index (χ0v) is 27.0. The number of carbonyl (C=O) groups is 3. The zero-order chi connectivity index (χ0) is 30.9. The van der Waals surface area contributed by atoms with Gasteiger partial charge < -0.3 is 0 Å². The summed E-state index contributed by atoms with van der Waals surface area (Å²) < 4.78 is 0. The van der Waals surface area contributed by atoms with Crippen molar-refractivity contribution in [3.63, 3.8) is 0 Å². The molecule has 6 heteroatoms. The molecule has 0 heterocycles. The van der Waals surface area contributed by atoms with E-state index in [-0.39, 0.29) is 39.8 Å². The first-order chi connectivity index (χ1) is 18.2. The molecule has 6 nitrogen and oxygen atoms in total. The molecule has 2 aliphatic carbocycles. The first-order valence-electron chi connectivity index (χ1n) is 15.0. The van der Waals surface area contributed by atoms with Gasteiger partial charge in [0.1, 0.15) is 6.07 Å². The molecule has 0 spiro atoms. The van der Waals surface area contributed by atoms with Gasteiger partial charge in [0.15, 0.2) is 11.6 Å². The molecule has 0 unspecified atom stereocenters. The van der Waals surface area contributed by atoms with Crippen molar-refractivity contribution in [2.45, 2.75) is 128 Å². The summed E-state index contributed by atoms with van der Waals surface area (Å²) in [6, 6.07) is 2.14. The predicted molar refractivity (Wildman–Crippen MR) is 159 cm³/mol. The summed E-state index contributed by atoms with van der Waals surface area (Å²) >= 11 is 0. The Morgan fingerprint density at radius 1 is 1.07 bits per heavy atom. The Hall–Kier alpha value is -2.26. The van der Waals surface area contributed by atoms with Crippen molar-refractivity contribution >= 4 is 17.5 Å². The van der Waals surface area contributed by atoms with E-state index in [1.165, 1.54) is 0 Å². The number of hydrogen-bond donors (Lipinski definition) is 2. The lowest BCUT2D eigenvalue weighted by molar-refractivity contribution is -0.141. The van der Waals surface area contributed by atoms with E-state index in [0.717, 1.165) is 37.7 Å². The average Bonchev–Trinajstić information content (AvgIpc) is 2.85. The second-order valence-electron chi connectivity index (χ2n) is 15.4. The number of fused-ring (bicyclic) bond motifs is 1. The van der Waals surface area contributed by atoms with Crippen molar-refractivity contribution in [3.8, 4) is 6.07 Å². The molecule has 0 aromatic heterocycles. The molecule has 224 valence electrons. The molecule has 0 aromatic rings. The van der Waals surface area contributed by atoms with Crippen molar-refractivity contribution in [1.29, 1.82) is 5.26 Å². The van der Waals surface area contributed by atoms with Gasteiger partial charge in [0.2, 0.25) is 5.91 Å². The van der Waals surface area contributed by atoms with Crippen LogP contribution in [0.5, 0.6) is 0 Å². The maximum Gasteiger partial charge on any atom is 0.249 e. The number of allylic oxidation sites excluding steroid dienone is 4. The van der Waals surface area contributed by atoms with Gasteiger partial charge in [0.25, 0.3) is 0 Å². The molecule has 1 fully saturated rings. The summed E-state index contributed by atoms with van der Waals surface area (Å²) in [6.07, 6.45) is 10.1. The fourth-order valence-corrected chi connectivity index (χ4v) is 7.88. The highest BCUT2D eigenvalue weighted by Gasteiger charge is 2.61. The smallest absolute Gasteiger partial charge is 0.249 e. The van der Waals surface area contributed by atoms with Crippen LogP contribution >= 0.6 is 0 Å². The molecule has 2 N–H and O–H groups in total. The molecular weight excluding hydrogens is 500 g/mol. The second kappa shape index (κ2) is 11.6. The number of Topliss-reactive ketones (excluding diaryl/α,β-unsaturated/α-hetero) is 1. The van der Waals surface area contributed by atoms with Gasteiger partial charge in [0, 0.05) is 16.2 Å². The minimum atomic E-state index is -0.744. The maximum atomic E-state index is 13.2. The number of nitriles is 1. The Bertz CT molecular complexity index is 1120. The minimum absolute atomic E-state index is 0.0368. The highest BCUT2D eigenvalue weighted by Crippen LogP contribution is 2.67. The van der Waals surface area contributed by atoms with Gasteiger partial charge in [-0.15, -0.1) is 0 Å². The molecule has 40 heavy (non-hydrogen) atoms. The molecule has 0 aromatic carbocycles. The highest BCUT2D eigenvalue weighted by molar-refractivity contribution is 6.04. The van der Waals surface area contributed by atoms with E-state index in [2.05, 4.69) is 54.5 Å². The molecule has 4 atom stereocenters. The van der Waals surface area contributed by atoms with Crippen molar-refractivity contribution in [1.82, 2.24) is 5.48 Å². The monoisotopic (exact) mass is 554 g/mol. The van der Waals surface area contributed by atoms with Crippen molar-refractivity contribution in [2.75, 3.05) is 0 Å². The molecule has 2 aliphatic rings. The number of nitrogens with zero attached hydrogens (tertiary/aromatic N) is 1. The van der Waals surface area contributed by atoms with E-state index in [1.807, 2.05) is 32.3 Å². The van der Waals surface area contributed by atoms with Crippen LogP contribution in [-0.2, 0) is 14.4 Å². The van der Waals surface area contributed by atoms with E-state index < -0.39 is 21.7 Å². The van der Waals surface area contributed by atoms with Crippen molar-refractivity contribution in [2.24, 2.45) is 38.4 Å². The maximum absolute atomic E-state index is 13.2. The average molecular weight is 555 g/mol. The molecular formula is C34H54N2O4. The van der Waals surface area contributed by atoms with E-state index in [9.17, 15) is 24.9 Å². The third-order valence-corrected chi connectivity index (χ3v) is 11.2. The van der Waals surface area contributed by atoms with Crippen LogP contribution in [-0.4, -0.2) is 22.7 Å². The number of hydroxylamine groups is 1. The van der Waals surface area contributed by atoms with Crippen LogP contribution < -0.4 is 5.48 Å². The van der Waals surface area contributed by atoms with Gasteiger partial charge in [0.05, 0.1) is 5.57 Å². The number of hydrogen-bond acceptors (Lipinski definition) is 5.